The third-order valence-electron chi connectivity index (χ3n) is 6.61. The van der Waals surface area contributed by atoms with Gasteiger partial charge in [0, 0.05) is 30.2 Å². The molecule has 10 heteroatoms. The standard InChI is InChI=1S/C26H31N3O5S2/c1-18-8-11-22(12-9-18)35(31,32)27-26(30)24-16-20(3)29(21(24)4)25-17-23(13-10-19(25)2)36(33,34)28-14-6-5-7-15-28/h8-13,16-17H,5-7,14-15H2,1-4H3,(H,27,30). The van der Waals surface area contributed by atoms with Crippen LogP contribution in [-0.2, 0) is 20.0 Å². The summed E-state index contributed by atoms with van der Waals surface area (Å²) in [6.07, 6.45) is 2.72. The molecule has 0 atom stereocenters. The van der Waals surface area contributed by atoms with E-state index in [4.69, 9.17) is 0 Å². The lowest BCUT2D eigenvalue weighted by Gasteiger charge is -2.26. The van der Waals surface area contributed by atoms with Gasteiger partial charge in [0.2, 0.25) is 10.0 Å². The quantitative estimate of drug-likeness (QED) is 0.520. The minimum absolute atomic E-state index is 0.00159. The second-order valence-electron chi connectivity index (χ2n) is 9.28. The van der Waals surface area contributed by atoms with Crippen molar-refractivity contribution in [3.63, 3.8) is 0 Å². The number of sulfonamides is 2. The maximum absolute atomic E-state index is 13.3. The fourth-order valence-electron chi connectivity index (χ4n) is 4.56. The molecule has 3 aromatic rings. The molecule has 36 heavy (non-hydrogen) atoms. The predicted molar refractivity (Wildman–Crippen MR) is 138 cm³/mol. The van der Waals surface area contributed by atoms with Crippen molar-refractivity contribution in [3.05, 3.63) is 76.6 Å². The van der Waals surface area contributed by atoms with Gasteiger partial charge in [0.1, 0.15) is 0 Å². The number of hydrogen-bond donors (Lipinski definition) is 1. The lowest BCUT2D eigenvalue weighted by Crippen LogP contribution is -2.35. The van der Waals surface area contributed by atoms with Crippen molar-refractivity contribution in [3.8, 4) is 5.69 Å². The average molecular weight is 530 g/mol. The number of aryl methyl sites for hydroxylation is 3. The molecule has 0 aliphatic carbocycles. The van der Waals surface area contributed by atoms with E-state index in [9.17, 15) is 21.6 Å². The number of aromatic nitrogens is 1. The van der Waals surface area contributed by atoms with Crippen molar-refractivity contribution >= 4 is 26.0 Å². The zero-order valence-electron chi connectivity index (χ0n) is 20.9. The molecule has 2 heterocycles. The van der Waals surface area contributed by atoms with E-state index in [0.29, 0.717) is 30.2 Å². The molecule has 0 radical (unpaired) electrons. The number of hydrogen-bond acceptors (Lipinski definition) is 5. The predicted octanol–water partition coefficient (Wildman–Crippen LogP) is 4.00. The highest BCUT2D eigenvalue weighted by Gasteiger charge is 2.28. The Morgan fingerprint density at radius 2 is 1.42 bits per heavy atom. The highest BCUT2D eigenvalue weighted by molar-refractivity contribution is 7.90. The van der Waals surface area contributed by atoms with Crippen molar-refractivity contribution in [2.24, 2.45) is 0 Å². The molecular weight excluding hydrogens is 498 g/mol. The Labute approximate surface area is 213 Å². The summed E-state index contributed by atoms with van der Waals surface area (Å²) in [7, 11) is -7.69. The van der Waals surface area contributed by atoms with Gasteiger partial charge in [0.05, 0.1) is 15.4 Å². The topological polar surface area (TPSA) is 106 Å². The van der Waals surface area contributed by atoms with Crippen LogP contribution in [0.25, 0.3) is 5.69 Å². The van der Waals surface area contributed by atoms with E-state index in [2.05, 4.69) is 4.72 Å². The van der Waals surface area contributed by atoms with E-state index in [-0.39, 0.29) is 15.4 Å². The Hall–Kier alpha value is -2.95. The maximum Gasteiger partial charge on any atom is 0.266 e. The third kappa shape index (κ3) is 4.98. The molecule has 1 N–H and O–H groups in total. The minimum atomic E-state index is -4.05. The van der Waals surface area contributed by atoms with E-state index in [1.165, 1.54) is 16.4 Å². The number of carbonyl (C=O) groups is 1. The summed E-state index contributed by atoms with van der Waals surface area (Å²) in [5.74, 6) is -0.746. The number of amides is 1. The van der Waals surface area contributed by atoms with E-state index in [1.54, 1.807) is 54.8 Å². The van der Waals surface area contributed by atoms with Gasteiger partial charge >= 0.3 is 0 Å². The number of nitrogens with one attached hydrogen (secondary N) is 1. The molecule has 0 saturated carbocycles. The fraction of sp³-hybridized carbons (Fsp3) is 0.346. The van der Waals surface area contributed by atoms with E-state index < -0.39 is 26.0 Å². The minimum Gasteiger partial charge on any atom is -0.317 e. The van der Waals surface area contributed by atoms with Gasteiger partial charge in [-0.05, 0) is 76.4 Å². The zero-order valence-corrected chi connectivity index (χ0v) is 22.5. The summed E-state index contributed by atoms with van der Waals surface area (Å²) in [5.41, 5.74) is 3.76. The van der Waals surface area contributed by atoms with Gasteiger partial charge in [-0.2, -0.15) is 4.31 Å². The van der Waals surface area contributed by atoms with Gasteiger partial charge in [-0.15, -0.1) is 0 Å². The first-order valence-electron chi connectivity index (χ1n) is 11.9. The SMILES string of the molecule is Cc1ccc(S(=O)(=O)NC(=O)c2cc(C)n(-c3cc(S(=O)(=O)N4CCCCC4)ccc3C)c2C)cc1. The van der Waals surface area contributed by atoms with Crippen LogP contribution in [0.3, 0.4) is 0 Å². The molecular formula is C26H31N3O5S2. The van der Waals surface area contributed by atoms with E-state index in [0.717, 1.165) is 30.4 Å². The van der Waals surface area contributed by atoms with Crippen LogP contribution in [0.2, 0.25) is 0 Å². The third-order valence-corrected chi connectivity index (χ3v) is 9.85. The number of nitrogens with zero attached hydrogens (tertiary/aromatic N) is 2. The first kappa shape index (κ1) is 26.1. The van der Waals surface area contributed by atoms with Crippen LogP contribution >= 0.6 is 0 Å². The molecule has 4 rings (SSSR count). The van der Waals surface area contributed by atoms with Crippen LogP contribution in [0, 0.1) is 27.7 Å². The van der Waals surface area contributed by atoms with E-state index >= 15 is 0 Å². The molecule has 0 spiro atoms. The molecule has 2 aromatic carbocycles. The number of benzene rings is 2. The maximum atomic E-state index is 13.3. The number of rotatable bonds is 6. The smallest absolute Gasteiger partial charge is 0.266 e. The van der Waals surface area contributed by atoms with Crippen molar-refractivity contribution in [2.75, 3.05) is 13.1 Å². The lowest BCUT2D eigenvalue weighted by molar-refractivity contribution is 0.0981. The molecule has 0 unspecified atom stereocenters. The fourth-order valence-corrected chi connectivity index (χ4v) is 7.07. The average Bonchev–Trinajstić information content (AvgIpc) is 3.13. The summed E-state index contributed by atoms with van der Waals surface area (Å²) in [6.45, 7) is 8.24. The van der Waals surface area contributed by atoms with Crippen LogP contribution in [0.4, 0.5) is 0 Å². The monoisotopic (exact) mass is 529 g/mol. The Morgan fingerprint density at radius 1 is 0.806 bits per heavy atom. The zero-order chi connectivity index (χ0) is 26.3. The van der Waals surface area contributed by atoms with Crippen molar-refractivity contribution in [2.45, 2.75) is 56.7 Å². The first-order chi connectivity index (χ1) is 16.9. The van der Waals surface area contributed by atoms with Crippen LogP contribution in [0.5, 0.6) is 0 Å². The largest absolute Gasteiger partial charge is 0.317 e. The van der Waals surface area contributed by atoms with Gasteiger partial charge in [-0.3, -0.25) is 4.79 Å². The number of carbonyl (C=O) groups excluding carboxylic acids is 1. The van der Waals surface area contributed by atoms with Gasteiger partial charge in [0.15, 0.2) is 0 Å². The van der Waals surface area contributed by atoms with Crippen molar-refractivity contribution in [1.29, 1.82) is 0 Å². The van der Waals surface area contributed by atoms with Crippen molar-refractivity contribution in [1.82, 2.24) is 13.6 Å². The molecule has 8 nitrogen and oxygen atoms in total. The summed E-state index contributed by atoms with van der Waals surface area (Å²) < 4.78 is 57.5. The summed E-state index contributed by atoms with van der Waals surface area (Å²) in [5, 5.41) is 0. The van der Waals surface area contributed by atoms with Crippen LogP contribution in [0.1, 0.15) is 52.1 Å². The second-order valence-corrected chi connectivity index (χ2v) is 12.9. The van der Waals surface area contributed by atoms with Crippen LogP contribution in [-0.4, -0.2) is 44.7 Å². The second kappa shape index (κ2) is 9.84. The van der Waals surface area contributed by atoms with E-state index in [1.807, 2.05) is 13.8 Å². The summed E-state index contributed by atoms with van der Waals surface area (Å²) >= 11 is 0. The molecule has 192 valence electrons. The molecule has 1 aliphatic heterocycles. The Kier molecular flexibility index (Phi) is 7.14. The molecule has 1 fully saturated rings. The Balaban J connectivity index is 1.69. The van der Waals surface area contributed by atoms with Gasteiger partial charge in [-0.1, -0.05) is 30.2 Å². The highest BCUT2D eigenvalue weighted by atomic mass is 32.2. The van der Waals surface area contributed by atoms with Gasteiger partial charge in [-0.25, -0.2) is 21.6 Å². The summed E-state index contributed by atoms with van der Waals surface area (Å²) in [6, 6.07) is 12.8. The molecule has 1 aliphatic rings. The van der Waals surface area contributed by atoms with Gasteiger partial charge in [0.25, 0.3) is 15.9 Å². The van der Waals surface area contributed by atoms with Gasteiger partial charge < -0.3 is 4.57 Å². The molecule has 1 saturated heterocycles. The number of piperidine rings is 1. The van der Waals surface area contributed by atoms with Crippen molar-refractivity contribution < 1.29 is 21.6 Å². The molecule has 1 aromatic heterocycles. The normalized spacial score (nSPS) is 15.1. The Bertz CT molecular complexity index is 1520. The first-order valence-corrected chi connectivity index (χ1v) is 14.8. The molecule has 1 amide bonds. The summed E-state index contributed by atoms with van der Waals surface area (Å²) in [4.78, 5) is 13.2. The molecule has 0 bridgehead atoms. The Morgan fingerprint density at radius 3 is 2.06 bits per heavy atom. The van der Waals surface area contributed by atoms with Crippen LogP contribution in [0.15, 0.2) is 58.3 Å². The highest BCUT2D eigenvalue weighted by Crippen LogP contribution is 2.28. The van der Waals surface area contributed by atoms with Crippen LogP contribution < -0.4 is 4.72 Å². The lowest BCUT2D eigenvalue weighted by atomic mass is 10.2.